The molecule has 1 spiro atoms. The summed E-state index contributed by atoms with van der Waals surface area (Å²) in [4.78, 5) is 13.6. The third kappa shape index (κ3) is 2.27. The molecule has 0 aromatic carbocycles. The number of aliphatic carboxylic acids is 1. The third-order valence-electron chi connectivity index (χ3n) is 4.63. The fourth-order valence-electron chi connectivity index (χ4n) is 3.71. The number of carboxylic acid groups (broad SMARTS) is 1. The summed E-state index contributed by atoms with van der Waals surface area (Å²) in [7, 11) is 1.82. The molecular weight excluding hydrogens is 242 g/mol. The third-order valence-corrected chi connectivity index (χ3v) is 4.63. The lowest BCUT2D eigenvalue weighted by Crippen LogP contribution is -2.59. The second-order valence-electron chi connectivity index (χ2n) is 6.15. The van der Waals surface area contributed by atoms with Crippen molar-refractivity contribution in [3.05, 3.63) is 18.0 Å². The number of carboxylic acids is 1. The summed E-state index contributed by atoms with van der Waals surface area (Å²) in [6, 6.07) is -0.527. The van der Waals surface area contributed by atoms with Gasteiger partial charge in [-0.05, 0) is 18.3 Å². The predicted molar refractivity (Wildman–Crippen MR) is 70.7 cm³/mol. The van der Waals surface area contributed by atoms with Crippen LogP contribution in [-0.2, 0) is 11.8 Å². The number of nitrogens with zero attached hydrogens (tertiary/aromatic N) is 3. The largest absolute Gasteiger partial charge is 0.480 e. The van der Waals surface area contributed by atoms with Crippen molar-refractivity contribution in [2.75, 3.05) is 13.1 Å². The summed E-state index contributed by atoms with van der Waals surface area (Å²) in [5.74, 6) is -0.765. The minimum Gasteiger partial charge on any atom is -0.480 e. The minimum atomic E-state index is -0.765. The first kappa shape index (κ1) is 12.7. The van der Waals surface area contributed by atoms with Crippen molar-refractivity contribution in [2.45, 2.75) is 38.1 Å². The number of aryl methyl sites for hydroxylation is 1. The van der Waals surface area contributed by atoms with Crippen LogP contribution in [0.15, 0.2) is 12.4 Å². The highest BCUT2D eigenvalue weighted by Crippen LogP contribution is 2.46. The van der Waals surface area contributed by atoms with Crippen molar-refractivity contribution in [3.63, 3.8) is 0 Å². The Hall–Kier alpha value is -1.36. The molecule has 0 bridgehead atoms. The van der Waals surface area contributed by atoms with Crippen LogP contribution in [0.4, 0.5) is 0 Å². The van der Waals surface area contributed by atoms with Gasteiger partial charge < -0.3 is 5.11 Å². The van der Waals surface area contributed by atoms with Gasteiger partial charge in [0.15, 0.2) is 0 Å². The Labute approximate surface area is 113 Å². The van der Waals surface area contributed by atoms with E-state index in [4.69, 9.17) is 0 Å². The van der Waals surface area contributed by atoms with Crippen LogP contribution in [0.5, 0.6) is 0 Å². The van der Waals surface area contributed by atoms with E-state index < -0.39 is 12.0 Å². The van der Waals surface area contributed by atoms with Crippen LogP contribution in [0.1, 0.15) is 43.7 Å². The lowest BCUT2D eigenvalue weighted by Gasteiger charge is -2.54. The number of likely N-dealkylation sites (tertiary alicyclic amines) is 1. The van der Waals surface area contributed by atoms with E-state index in [0.29, 0.717) is 5.41 Å². The average Bonchev–Trinajstić information content (AvgIpc) is 2.75. The van der Waals surface area contributed by atoms with Crippen molar-refractivity contribution in [3.8, 4) is 0 Å². The van der Waals surface area contributed by atoms with E-state index in [1.54, 1.807) is 10.9 Å². The normalized spacial score (nSPS) is 24.1. The van der Waals surface area contributed by atoms with Gasteiger partial charge in [-0.2, -0.15) is 5.10 Å². The molecule has 2 aliphatic rings. The number of aromatic nitrogens is 2. The van der Waals surface area contributed by atoms with Crippen molar-refractivity contribution in [2.24, 2.45) is 12.5 Å². The van der Waals surface area contributed by atoms with Crippen LogP contribution < -0.4 is 0 Å². The lowest BCUT2D eigenvalue weighted by atomic mass is 9.68. The van der Waals surface area contributed by atoms with Crippen molar-refractivity contribution in [1.82, 2.24) is 14.7 Å². The fourth-order valence-corrected chi connectivity index (χ4v) is 3.71. The van der Waals surface area contributed by atoms with E-state index >= 15 is 0 Å². The highest BCUT2D eigenvalue weighted by Gasteiger charge is 2.47. The Morgan fingerprint density at radius 3 is 2.58 bits per heavy atom. The van der Waals surface area contributed by atoms with Gasteiger partial charge >= 0.3 is 5.97 Å². The standard InChI is InChI=1S/C14H21N3O2/c1-16-8-11(7-15-16)12(13(18)19)17-9-14(10-17)5-3-2-4-6-14/h7-8,12H,2-6,9-10H2,1H3,(H,18,19). The molecule has 2 heterocycles. The molecule has 5 heteroatoms. The summed E-state index contributed by atoms with van der Waals surface area (Å²) in [5.41, 5.74) is 1.20. The lowest BCUT2D eigenvalue weighted by molar-refractivity contribution is -0.151. The minimum absolute atomic E-state index is 0.411. The maximum absolute atomic E-state index is 11.5. The van der Waals surface area contributed by atoms with E-state index in [1.807, 2.05) is 13.2 Å². The van der Waals surface area contributed by atoms with Gasteiger partial charge in [0.25, 0.3) is 0 Å². The van der Waals surface area contributed by atoms with Crippen molar-refractivity contribution >= 4 is 5.97 Å². The summed E-state index contributed by atoms with van der Waals surface area (Å²) < 4.78 is 1.67. The molecular formula is C14H21N3O2. The van der Waals surface area contributed by atoms with Crippen LogP contribution in [-0.4, -0.2) is 38.8 Å². The van der Waals surface area contributed by atoms with E-state index in [1.165, 1.54) is 32.1 Å². The molecule has 1 aromatic heterocycles. The smallest absolute Gasteiger partial charge is 0.325 e. The molecule has 104 valence electrons. The molecule has 1 aliphatic heterocycles. The summed E-state index contributed by atoms with van der Waals surface area (Å²) in [6.45, 7) is 1.86. The molecule has 2 fully saturated rings. The predicted octanol–water partition coefficient (Wildman–Crippen LogP) is 1.81. The monoisotopic (exact) mass is 263 g/mol. The molecule has 1 unspecified atom stereocenters. The average molecular weight is 263 g/mol. The Morgan fingerprint density at radius 1 is 1.37 bits per heavy atom. The molecule has 1 N–H and O–H groups in total. The number of hydrogen-bond acceptors (Lipinski definition) is 3. The quantitative estimate of drug-likeness (QED) is 0.903. The van der Waals surface area contributed by atoms with Gasteiger partial charge in [0.2, 0.25) is 0 Å². The maximum atomic E-state index is 11.5. The van der Waals surface area contributed by atoms with Crippen molar-refractivity contribution < 1.29 is 9.90 Å². The van der Waals surface area contributed by atoms with Crippen LogP contribution in [0.3, 0.4) is 0 Å². The molecule has 1 saturated heterocycles. The molecule has 0 radical (unpaired) electrons. The van der Waals surface area contributed by atoms with Gasteiger partial charge in [-0.1, -0.05) is 19.3 Å². The van der Waals surface area contributed by atoms with Crippen LogP contribution in [0.25, 0.3) is 0 Å². The Morgan fingerprint density at radius 2 is 2.05 bits per heavy atom. The van der Waals surface area contributed by atoms with Gasteiger partial charge in [0, 0.05) is 31.9 Å². The second-order valence-corrected chi connectivity index (χ2v) is 6.15. The SMILES string of the molecule is Cn1cc(C(C(=O)O)N2CC3(CCCCC3)C2)cn1. The molecule has 1 atom stereocenters. The molecule has 1 aliphatic carbocycles. The first-order valence-corrected chi connectivity index (χ1v) is 7.05. The van der Waals surface area contributed by atoms with Crippen LogP contribution in [0.2, 0.25) is 0 Å². The van der Waals surface area contributed by atoms with Gasteiger partial charge in [-0.15, -0.1) is 0 Å². The Balaban J connectivity index is 1.72. The zero-order valence-corrected chi connectivity index (χ0v) is 11.4. The number of hydrogen-bond donors (Lipinski definition) is 1. The highest BCUT2D eigenvalue weighted by atomic mass is 16.4. The molecule has 0 amide bonds. The van der Waals surface area contributed by atoms with Gasteiger partial charge in [0.05, 0.1) is 6.20 Å². The summed E-state index contributed by atoms with van der Waals surface area (Å²) >= 11 is 0. The first-order chi connectivity index (χ1) is 9.10. The molecule has 1 aromatic rings. The van der Waals surface area contributed by atoms with Crippen LogP contribution >= 0.6 is 0 Å². The van der Waals surface area contributed by atoms with Crippen molar-refractivity contribution in [1.29, 1.82) is 0 Å². The topological polar surface area (TPSA) is 58.4 Å². The number of carbonyl (C=O) groups is 1. The van der Waals surface area contributed by atoms with Gasteiger partial charge in [-0.3, -0.25) is 14.4 Å². The first-order valence-electron chi connectivity index (χ1n) is 7.05. The molecule has 19 heavy (non-hydrogen) atoms. The Kier molecular flexibility index (Phi) is 3.09. The van der Waals surface area contributed by atoms with Gasteiger partial charge in [-0.25, -0.2) is 0 Å². The second kappa shape index (κ2) is 4.63. The summed E-state index contributed by atoms with van der Waals surface area (Å²) in [6.07, 6.45) is 9.96. The molecule has 1 saturated carbocycles. The molecule has 3 rings (SSSR count). The highest BCUT2D eigenvalue weighted by molar-refractivity contribution is 5.75. The summed E-state index contributed by atoms with van der Waals surface area (Å²) in [5, 5.41) is 13.6. The maximum Gasteiger partial charge on any atom is 0.325 e. The van der Waals surface area contributed by atoms with E-state index in [0.717, 1.165) is 18.7 Å². The number of rotatable bonds is 3. The van der Waals surface area contributed by atoms with E-state index in [2.05, 4.69) is 10.00 Å². The fraction of sp³-hybridized carbons (Fsp3) is 0.714. The molecule has 5 nitrogen and oxygen atoms in total. The van der Waals surface area contributed by atoms with Crippen LogP contribution in [0, 0.1) is 5.41 Å². The zero-order chi connectivity index (χ0) is 13.5. The Bertz CT molecular complexity index is 469. The van der Waals surface area contributed by atoms with Gasteiger partial charge in [0.1, 0.15) is 6.04 Å². The van der Waals surface area contributed by atoms with E-state index in [-0.39, 0.29) is 0 Å². The van der Waals surface area contributed by atoms with E-state index in [9.17, 15) is 9.90 Å². The zero-order valence-electron chi connectivity index (χ0n) is 11.4.